The van der Waals surface area contributed by atoms with E-state index >= 15 is 0 Å². The van der Waals surface area contributed by atoms with Crippen LogP contribution in [0.15, 0.2) is 0 Å². The minimum atomic E-state index is 0.0539. The lowest BCUT2D eigenvalue weighted by Gasteiger charge is -2.39. The van der Waals surface area contributed by atoms with E-state index in [-0.39, 0.29) is 5.60 Å². The average Bonchev–Trinajstić information content (AvgIpc) is 2.19. The standard InChI is InChI=1S/C10H20N2OS/c1-4-11-9(14)12-7-5-10(2,13-3)6-8-12/h4-8H2,1-3H3,(H,11,14). The van der Waals surface area contributed by atoms with Crippen LogP contribution in [0, 0.1) is 0 Å². The van der Waals surface area contributed by atoms with Crippen LogP contribution in [0.5, 0.6) is 0 Å². The van der Waals surface area contributed by atoms with Crippen molar-refractivity contribution in [1.82, 2.24) is 10.2 Å². The number of ether oxygens (including phenoxy) is 1. The number of piperidine rings is 1. The van der Waals surface area contributed by atoms with Gasteiger partial charge in [-0.15, -0.1) is 0 Å². The predicted octanol–water partition coefficient (Wildman–Crippen LogP) is 1.38. The van der Waals surface area contributed by atoms with E-state index in [0.717, 1.165) is 37.6 Å². The maximum Gasteiger partial charge on any atom is 0.168 e. The minimum absolute atomic E-state index is 0.0539. The lowest BCUT2D eigenvalue weighted by atomic mass is 9.94. The van der Waals surface area contributed by atoms with Gasteiger partial charge in [-0.25, -0.2) is 0 Å². The molecule has 4 heteroatoms. The Morgan fingerprint density at radius 1 is 1.50 bits per heavy atom. The number of nitrogens with zero attached hydrogens (tertiary/aromatic N) is 1. The van der Waals surface area contributed by atoms with Gasteiger partial charge in [0.1, 0.15) is 0 Å². The zero-order chi connectivity index (χ0) is 10.6. The Kier molecular flexibility index (Phi) is 4.13. The highest BCUT2D eigenvalue weighted by molar-refractivity contribution is 7.80. The molecule has 1 N–H and O–H groups in total. The first kappa shape index (κ1) is 11.7. The molecule has 1 fully saturated rings. The van der Waals surface area contributed by atoms with Crippen LogP contribution in [0.1, 0.15) is 26.7 Å². The van der Waals surface area contributed by atoms with Gasteiger partial charge < -0.3 is 15.0 Å². The minimum Gasteiger partial charge on any atom is -0.378 e. The fourth-order valence-corrected chi connectivity index (χ4v) is 1.98. The maximum atomic E-state index is 5.48. The summed E-state index contributed by atoms with van der Waals surface area (Å²) in [4.78, 5) is 2.22. The quantitative estimate of drug-likeness (QED) is 0.705. The fraction of sp³-hybridized carbons (Fsp3) is 0.900. The van der Waals surface area contributed by atoms with Crippen LogP contribution >= 0.6 is 12.2 Å². The molecule has 0 aliphatic carbocycles. The van der Waals surface area contributed by atoms with E-state index in [4.69, 9.17) is 17.0 Å². The summed E-state index contributed by atoms with van der Waals surface area (Å²) in [6.45, 7) is 7.12. The number of likely N-dealkylation sites (tertiary alicyclic amines) is 1. The number of thiocarbonyl (C=S) groups is 1. The molecule has 1 rings (SSSR count). The number of methoxy groups -OCH3 is 1. The van der Waals surface area contributed by atoms with Crippen molar-refractivity contribution >= 4 is 17.3 Å². The van der Waals surface area contributed by atoms with Gasteiger partial charge in [-0.3, -0.25) is 0 Å². The first-order valence-electron chi connectivity index (χ1n) is 5.19. The Balaban J connectivity index is 2.39. The molecule has 0 aromatic rings. The van der Waals surface area contributed by atoms with Crippen molar-refractivity contribution in [2.24, 2.45) is 0 Å². The third-order valence-electron chi connectivity index (χ3n) is 2.93. The van der Waals surface area contributed by atoms with Gasteiger partial charge in [0, 0.05) is 26.7 Å². The van der Waals surface area contributed by atoms with Crippen molar-refractivity contribution in [1.29, 1.82) is 0 Å². The molecule has 0 aromatic carbocycles. The molecule has 1 saturated heterocycles. The highest BCUT2D eigenvalue weighted by atomic mass is 32.1. The maximum absolute atomic E-state index is 5.48. The Hall–Kier alpha value is -0.350. The molecule has 1 aliphatic heterocycles. The number of hydrogen-bond donors (Lipinski definition) is 1. The van der Waals surface area contributed by atoms with Crippen LogP contribution in [0.25, 0.3) is 0 Å². The first-order valence-corrected chi connectivity index (χ1v) is 5.60. The average molecular weight is 216 g/mol. The molecule has 3 nitrogen and oxygen atoms in total. The molecule has 0 spiro atoms. The van der Waals surface area contributed by atoms with Crippen LogP contribution in [0.3, 0.4) is 0 Å². The number of rotatable bonds is 2. The SMILES string of the molecule is CCNC(=S)N1CCC(C)(OC)CC1. The molecule has 0 bridgehead atoms. The smallest absolute Gasteiger partial charge is 0.168 e. The monoisotopic (exact) mass is 216 g/mol. The van der Waals surface area contributed by atoms with Crippen molar-refractivity contribution in [3.05, 3.63) is 0 Å². The molecular weight excluding hydrogens is 196 g/mol. The highest BCUT2D eigenvalue weighted by Gasteiger charge is 2.30. The summed E-state index contributed by atoms with van der Waals surface area (Å²) in [6.07, 6.45) is 2.10. The van der Waals surface area contributed by atoms with Crippen LogP contribution in [0.4, 0.5) is 0 Å². The van der Waals surface area contributed by atoms with Crippen molar-refractivity contribution in [3.63, 3.8) is 0 Å². The zero-order valence-electron chi connectivity index (χ0n) is 9.30. The van der Waals surface area contributed by atoms with E-state index in [1.807, 2.05) is 0 Å². The van der Waals surface area contributed by atoms with E-state index in [2.05, 4.69) is 24.1 Å². The second-order valence-electron chi connectivity index (χ2n) is 3.98. The van der Waals surface area contributed by atoms with E-state index in [1.54, 1.807) is 7.11 Å². The van der Waals surface area contributed by atoms with Gasteiger partial charge in [0.05, 0.1) is 5.60 Å². The molecule has 0 atom stereocenters. The van der Waals surface area contributed by atoms with Gasteiger partial charge in [0.25, 0.3) is 0 Å². The number of hydrogen-bond acceptors (Lipinski definition) is 2. The van der Waals surface area contributed by atoms with Gasteiger partial charge in [0.2, 0.25) is 0 Å². The Morgan fingerprint density at radius 2 is 2.07 bits per heavy atom. The normalized spacial score (nSPS) is 20.6. The summed E-state index contributed by atoms with van der Waals surface area (Å²) < 4.78 is 5.48. The molecule has 0 radical (unpaired) electrons. The van der Waals surface area contributed by atoms with Crippen LogP contribution < -0.4 is 5.32 Å². The lowest BCUT2D eigenvalue weighted by Crippen LogP contribution is -2.49. The molecule has 0 amide bonds. The fourth-order valence-electron chi connectivity index (χ4n) is 1.65. The zero-order valence-corrected chi connectivity index (χ0v) is 10.1. The van der Waals surface area contributed by atoms with Gasteiger partial charge >= 0.3 is 0 Å². The van der Waals surface area contributed by atoms with Gasteiger partial charge in [-0.05, 0) is 38.9 Å². The molecule has 1 aliphatic rings. The van der Waals surface area contributed by atoms with Crippen molar-refractivity contribution in [3.8, 4) is 0 Å². The molecule has 1 heterocycles. The second kappa shape index (κ2) is 4.94. The van der Waals surface area contributed by atoms with E-state index in [9.17, 15) is 0 Å². The number of nitrogens with one attached hydrogen (secondary N) is 1. The van der Waals surface area contributed by atoms with E-state index in [0.29, 0.717) is 0 Å². The molecule has 0 unspecified atom stereocenters. The third kappa shape index (κ3) is 2.82. The summed E-state index contributed by atoms with van der Waals surface area (Å²) in [6, 6.07) is 0. The Morgan fingerprint density at radius 3 is 2.50 bits per heavy atom. The predicted molar refractivity (Wildman–Crippen MR) is 62.5 cm³/mol. The highest BCUT2D eigenvalue weighted by Crippen LogP contribution is 2.24. The van der Waals surface area contributed by atoms with Crippen LogP contribution in [-0.2, 0) is 4.74 Å². The Bertz CT molecular complexity index is 200. The van der Waals surface area contributed by atoms with Gasteiger partial charge in [0.15, 0.2) is 5.11 Å². The molecule has 14 heavy (non-hydrogen) atoms. The van der Waals surface area contributed by atoms with Crippen molar-refractivity contribution < 1.29 is 4.74 Å². The van der Waals surface area contributed by atoms with Crippen LogP contribution in [0.2, 0.25) is 0 Å². The van der Waals surface area contributed by atoms with Gasteiger partial charge in [-0.2, -0.15) is 0 Å². The largest absolute Gasteiger partial charge is 0.378 e. The third-order valence-corrected chi connectivity index (χ3v) is 3.33. The summed E-state index contributed by atoms with van der Waals surface area (Å²) in [5, 5.41) is 4.06. The molecule has 0 aromatic heterocycles. The molecule has 82 valence electrons. The van der Waals surface area contributed by atoms with Crippen molar-refractivity contribution in [2.45, 2.75) is 32.3 Å². The topological polar surface area (TPSA) is 24.5 Å². The second-order valence-corrected chi connectivity index (χ2v) is 4.36. The van der Waals surface area contributed by atoms with E-state index < -0.39 is 0 Å². The summed E-state index contributed by atoms with van der Waals surface area (Å²) in [5.41, 5.74) is 0.0539. The molecular formula is C10H20N2OS. The Labute approximate surface area is 91.8 Å². The van der Waals surface area contributed by atoms with E-state index in [1.165, 1.54) is 0 Å². The first-order chi connectivity index (χ1) is 6.61. The van der Waals surface area contributed by atoms with Gasteiger partial charge in [-0.1, -0.05) is 0 Å². The summed E-state index contributed by atoms with van der Waals surface area (Å²) in [5.74, 6) is 0. The summed E-state index contributed by atoms with van der Waals surface area (Å²) >= 11 is 5.26. The van der Waals surface area contributed by atoms with Crippen LogP contribution in [-0.4, -0.2) is 42.4 Å². The summed E-state index contributed by atoms with van der Waals surface area (Å²) in [7, 11) is 1.79. The lowest BCUT2D eigenvalue weighted by molar-refractivity contribution is -0.0320. The molecule has 0 saturated carbocycles. The van der Waals surface area contributed by atoms with Crippen molar-refractivity contribution in [2.75, 3.05) is 26.7 Å².